The lowest BCUT2D eigenvalue weighted by atomic mass is 10.3. The number of hydrogen-bond donors (Lipinski definition) is 4. The van der Waals surface area contributed by atoms with Gasteiger partial charge in [-0.05, 0) is 18.2 Å². The van der Waals surface area contributed by atoms with E-state index in [2.05, 4.69) is 30.5 Å². The summed E-state index contributed by atoms with van der Waals surface area (Å²) in [6.45, 7) is 0. The Hall–Kier alpha value is -3.35. The van der Waals surface area contributed by atoms with Gasteiger partial charge in [0.25, 0.3) is 5.91 Å². The maximum atomic E-state index is 12.1. The van der Waals surface area contributed by atoms with E-state index in [1.54, 1.807) is 24.7 Å². The van der Waals surface area contributed by atoms with Gasteiger partial charge < -0.3 is 15.3 Å². The minimum atomic E-state index is -0.208. The number of anilines is 1. The lowest BCUT2D eigenvalue weighted by molar-refractivity contribution is 0.102. The molecule has 3 aromatic heterocycles. The molecule has 4 aromatic rings. The van der Waals surface area contributed by atoms with Crippen molar-refractivity contribution in [2.24, 2.45) is 0 Å². The first-order chi connectivity index (χ1) is 10.8. The van der Waals surface area contributed by atoms with Crippen LogP contribution in [-0.2, 0) is 0 Å². The van der Waals surface area contributed by atoms with Crippen LogP contribution in [0.15, 0.2) is 48.9 Å². The van der Waals surface area contributed by atoms with Crippen molar-refractivity contribution >= 4 is 22.6 Å². The number of aromatic nitrogens is 5. The van der Waals surface area contributed by atoms with Crippen LogP contribution in [0, 0.1) is 0 Å². The number of aromatic amines is 3. The standard InChI is InChI=1S/C15H12N6O/c22-15(9-5-6-16-7-9)20-12-8-17-21-13(12)14-18-10-3-1-2-4-11(10)19-14/h1-8,16H,(H,17,21)(H,18,19)(H,20,22). The molecule has 0 fully saturated rings. The molecule has 0 aliphatic rings. The number of para-hydroxylation sites is 2. The molecule has 4 rings (SSSR count). The SMILES string of the molecule is O=C(Nc1cn[nH]c1-c1nc2ccccc2[nH]1)c1cc[nH]c1. The normalized spacial score (nSPS) is 10.9. The van der Waals surface area contributed by atoms with Crippen LogP contribution >= 0.6 is 0 Å². The number of rotatable bonds is 3. The van der Waals surface area contributed by atoms with E-state index in [1.807, 2.05) is 24.3 Å². The lowest BCUT2D eigenvalue weighted by Crippen LogP contribution is -2.11. The highest BCUT2D eigenvalue weighted by Gasteiger charge is 2.15. The van der Waals surface area contributed by atoms with Crippen molar-refractivity contribution in [2.75, 3.05) is 5.32 Å². The molecule has 7 heteroatoms. The van der Waals surface area contributed by atoms with Crippen LogP contribution in [0.5, 0.6) is 0 Å². The molecule has 0 aliphatic carbocycles. The first-order valence-electron chi connectivity index (χ1n) is 6.74. The average Bonchev–Trinajstić information content (AvgIpc) is 3.26. The molecular weight excluding hydrogens is 280 g/mol. The van der Waals surface area contributed by atoms with Gasteiger partial charge in [0.1, 0.15) is 5.69 Å². The third kappa shape index (κ3) is 2.05. The fourth-order valence-electron chi connectivity index (χ4n) is 2.29. The highest BCUT2D eigenvalue weighted by atomic mass is 16.1. The number of imidazole rings is 1. The highest BCUT2D eigenvalue weighted by molar-refractivity contribution is 6.05. The summed E-state index contributed by atoms with van der Waals surface area (Å²) in [6, 6.07) is 9.43. The molecule has 3 heterocycles. The van der Waals surface area contributed by atoms with Gasteiger partial charge in [0.2, 0.25) is 0 Å². The molecule has 1 amide bonds. The first-order valence-corrected chi connectivity index (χ1v) is 6.74. The zero-order valence-corrected chi connectivity index (χ0v) is 11.4. The molecule has 0 saturated carbocycles. The van der Waals surface area contributed by atoms with E-state index < -0.39 is 0 Å². The quantitative estimate of drug-likeness (QED) is 0.466. The molecule has 0 bridgehead atoms. The second-order valence-electron chi connectivity index (χ2n) is 4.82. The molecular formula is C15H12N6O. The Bertz CT molecular complexity index is 901. The molecule has 0 radical (unpaired) electrons. The Morgan fingerprint density at radius 2 is 2.09 bits per heavy atom. The van der Waals surface area contributed by atoms with Crippen molar-refractivity contribution in [1.29, 1.82) is 0 Å². The smallest absolute Gasteiger partial charge is 0.257 e. The molecule has 7 nitrogen and oxygen atoms in total. The summed E-state index contributed by atoms with van der Waals surface area (Å²) in [6.07, 6.45) is 4.90. The number of H-pyrrole nitrogens is 3. The molecule has 4 N–H and O–H groups in total. The number of benzene rings is 1. The van der Waals surface area contributed by atoms with Gasteiger partial charge in [0, 0.05) is 12.4 Å². The summed E-state index contributed by atoms with van der Waals surface area (Å²) >= 11 is 0. The molecule has 0 unspecified atom stereocenters. The van der Waals surface area contributed by atoms with E-state index in [4.69, 9.17) is 0 Å². The zero-order chi connectivity index (χ0) is 14.9. The van der Waals surface area contributed by atoms with Crippen molar-refractivity contribution in [2.45, 2.75) is 0 Å². The van der Waals surface area contributed by atoms with Gasteiger partial charge in [0.05, 0.1) is 28.5 Å². The van der Waals surface area contributed by atoms with Crippen LogP contribution in [0.4, 0.5) is 5.69 Å². The summed E-state index contributed by atoms with van der Waals surface area (Å²) in [5.41, 5.74) is 3.55. The summed E-state index contributed by atoms with van der Waals surface area (Å²) in [4.78, 5) is 22.7. The maximum absolute atomic E-state index is 12.1. The first kappa shape index (κ1) is 12.4. The van der Waals surface area contributed by atoms with Gasteiger partial charge in [-0.3, -0.25) is 9.89 Å². The zero-order valence-electron chi connectivity index (χ0n) is 11.4. The monoisotopic (exact) mass is 292 g/mol. The molecule has 0 aliphatic heterocycles. The van der Waals surface area contributed by atoms with Gasteiger partial charge >= 0.3 is 0 Å². The fourth-order valence-corrected chi connectivity index (χ4v) is 2.29. The molecule has 0 spiro atoms. The maximum Gasteiger partial charge on any atom is 0.257 e. The van der Waals surface area contributed by atoms with Crippen LogP contribution in [0.1, 0.15) is 10.4 Å². The Balaban J connectivity index is 1.69. The summed E-state index contributed by atoms with van der Waals surface area (Å²) < 4.78 is 0. The largest absolute Gasteiger partial charge is 0.367 e. The lowest BCUT2D eigenvalue weighted by Gasteiger charge is -2.02. The predicted molar refractivity (Wildman–Crippen MR) is 82.4 cm³/mol. The molecule has 1 aromatic carbocycles. The van der Waals surface area contributed by atoms with Gasteiger partial charge in [-0.15, -0.1) is 0 Å². The van der Waals surface area contributed by atoms with Crippen molar-refractivity contribution in [3.05, 3.63) is 54.5 Å². The van der Waals surface area contributed by atoms with Gasteiger partial charge in [-0.25, -0.2) is 4.98 Å². The van der Waals surface area contributed by atoms with E-state index in [0.717, 1.165) is 11.0 Å². The molecule has 0 saturated heterocycles. The van der Waals surface area contributed by atoms with Crippen LogP contribution in [0.3, 0.4) is 0 Å². The molecule has 22 heavy (non-hydrogen) atoms. The number of hydrogen-bond acceptors (Lipinski definition) is 3. The highest BCUT2D eigenvalue weighted by Crippen LogP contribution is 2.25. The van der Waals surface area contributed by atoms with E-state index in [0.29, 0.717) is 22.8 Å². The van der Waals surface area contributed by atoms with Crippen LogP contribution in [-0.4, -0.2) is 31.1 Å². The molecule has 0 atom stereocenters. The predicted octanol–water partition coefficient (Wildman–Crippen LogP) is 2.53. The Labute approximate surface area is 124 Å². The van der Waals surface area contributed by atoms with Gasteiger partial charge in [0.15, 0.2) is 5.82 Å². The number of fused-ring (bicyclic) bond motifs is 1. The van der Waals surface area contributed by atoms with Crippen molar-refractivity contribution in [1.82, 2.24) is 25.1 Å². The van der Waals surface area contributed by atoms with Gasteiger partial charge in [-0.2, -0.15) is 5.10 Å². The number of amides is 1. The number of nitrogens with zero attached hydrogens (tertiary/aromatic N) is 2. The topological polar surface area (TPSA) is 102 Å². The van der Waals surface area contributed by atoms with Gasteiger partial charge in [-0.1, -0.05) is 12.1 Å². The average molecular weight is 292 g/mol. The molecule has 108 valence electrons. The minimum Gasteiger partial charge on any atom is -0.367 e. The Morgan fingerprint density at radius 3 is 2.91 bits per heavy atom. The van der Waals surface area contributed by atoms with E-state index >= 15 is 0 Å². The van der Waals surface area contributed by atoms with Crippen molar-refractivity contribution < 1.29 is 4.79 Å². The van der Waals surface area contributed by atoms with E-state index in [-0.39, 0.29) is 5.91 Å². The van der Waals surface area contributed by atoms with Crippen LogP contribution < -0.4 is 5.32 Å². The third-order valence-electron chi connectivity index (χ3n) is 3.37. The summed E-state index contributed by atoms with van der Waals surface area (Å²) in [5, 5.41) is 9.69. The Morgan fingerprint density at radius 1 is 1.18 bits per heavy atom. The second-order valence-corrected chi connectivity index (χ2v) is 4.82. The number of carbonyl (C=O) groups excluding carboxylic acids is 1. The number of nitrogens with one attached hydrogen (secondary N) is 4. The minimum absolute atomic E-state index is 0.208. The summed E-state index contributed by atoms with van der Waals surface area (Å²) in [7, 11) is 0. The fraction of sp³-hybridized carbons (Fsp3) is 0. The van der Waals surface area contributed by atoms with Crippen molar-refractivity contribution in [3.8, 4) is 11.5 Å². The summed E-state index contributed by atoms with van der Waals surface area (Å²) in [5.74, 6) is 0.420. The number of carbonyl (C=O) groups is 1. The second kappa shape index (κ2) is 4.88. The Kier molecular flexibility index (Phi) is 2.75. The van der Waals surface area contributed by atoms with Crippen LogP contribution in [0.25, 0.3) is 22.6 Å². The van der Waals surface area contributed by atoms with E-state index in [9.17, 15) is 4.79 Å². The van der Waals surface area contributed by atoms with E-state index in [1.165, 1.54) is 0 Å². The van der Waals surface area contributed by atoms with Crippen LogP contribution in [0.2, 0.25) is 0 Å². The third-order valence-corrected chi connectivity index (χ3v) is 3.37. The van der Waals surface area contributed by atoms with Crippen molar-refractivity contribution in [3.63, 3.8) is 0 Å².